The van der Waals surface area contributed by atoms with E-state index in [2.05, 4.69) is 9.14 Å². The molecule has 1 saturated carbocycles. The molecule has 0 bridgehead atoms. The van der Waals surface area contributed by atoms with E-state index in [1.165, 1.54) is 22.8 Å². The van der Waals surface area contributed by atoms with Crippen LogP contribution in [0.25, 0.3) is 10.9 Å². The van der Waals surface area contributed by atoms with Gasteiger partial charge in [-0.2, -0.15) is 0 Å². The Hall–Kier alpha value is -1.93. The first-order chi connectivity index (χ1) is 11.9. The largest absolute Gasteiger partial charge is 0.422 e. The first-order valence-corrected chi connectivity index (χ1v) is 10.1. The molecule has 136 valence electrons. The third-order valence-electron chi connectivity index (χ3n) is 4.68. The molecule has 8 heteroatoms. The van der Waals surface area contributed by atoms with Crippen molar-refractivity contribution in [2.24, 2.45) is 0 Å². The summed E-state index contributed by atoms with van der Waals surface area (Å²) in [7, 11) is -3.73. The van der Waals surface area contributed by atoms with E-state index in [4.69, 9.17) is 0 Å². The minimum Gasteiger partial charge on any atom is -0.372 e. The molecule has 2 aromatic rings. The van der Waals surface area contributed by atoms with Gasteiger partial charge in [0.2, 0.25) is 10.0 Å². The van der Waals surface area contributed by atoms with Gasteiger partial charge in [0, 0.05) is 12.6 Å². The summed E-state index contributed by atoms with van der Waals surface area (Å²) in [6, 6.07) is 4.11. The van der Waals surface area contributed by atoms with Gasteiger partial charge in [0.1, 0.15) is 0 Å². The average Bonchev–Trinajstić information content (AvgIpc) is 2.83. The standard InChI is InChI=1S/C17H22N2O5S/c1-2-19-15-10-9-13(11-14(15)16(20)24-17(19)21)25(22,23)18-12-7-5-3-4-6-8-12/h9-12,18H,2-8H2,1H3. The van der Waals surface area contributed by atoms with E-state index in [9.17, 15) is 18.0 Å². The second-order valence-corrected chi connectivity index (χ2v) is 8.10. The summed E-state index contributed by atoms with van der Waals surface area (Å²) in [6.45, 7) is 2.07. The second kappa shape index (κ2) is 7.13. The van der Waals surface area contributed by atoms with Crippen molar-refractivity contribution in [3.63, 3.8) is 0 Å². The van der Waals surface area contributed by atoms with E-state index in [1.807, 2.05) is 0 Å². The van der Waals surface area contributed by atoms with Crippen LogP contribution in [0.5, 0.6) is 0 Å². The van der Waals surface area contributed by atoms with Crippen molar-refractivity contribution in [2.75, 3.05) is 0 Å². The summed E-state index contributed by atoms with van der Waals surface area (Å²) < 4.78 is 34.1. The van der Waals surface area contributed by atoms with Gasteiger partial charge in [-0.3, -0.25) is 4.57 Å². The average molecular weight is 366 g/mol. The fourth-order valence-electron chi connectivity index (χ4n) is 3.35. The fraction of sp³-hybridized carbons (Fsp3) is 0.529. The molecule has 7 nitrogen and oxygen atoms in total. The van der Waals surface area contributed by atoms with E-state index in [0.717, 1.165) is 38.5 Å². The van der Waals surface area contributed by atoms with Crippen LogP contribution >= 0.6 is 0 Å². The van der Waals surface area contributed by atoms with Crippen molar-refractivity contribution >= 4 is 20.9 Å². The SMILES string of the molecule is CCn1c(=O)oc(=O)c2cc(S(=O)(=O)NC3CCCCCC3)ccc21. The first kappa shape index (κ1) is 17.9. The van der Waals surface area contributed by atoms with Crippen LogP contribution in [-0.2, 0) is 16.6 Å². The molecule has 1 fully saturated rings. The number of benzene rings is 1. The normalized spacial score (nSPS) is 16.8. The van der Waals surface area contributed by atoms with Gasteiger partial charge in [-0.15, -0.1) is 0 Å². The van der Waals surface area contributed by atoms with Crippen LogP contribution in [0.3, 0.4) is 0 Å². The summed E-state index contributed by atoms with van der Waals surface area (Å²) in [6.07, 6.45) is 5.93. The van der Waals surface area contributed by atoms with Crippen LogP contribution in [-0.4, -0.2) is 19.0 Å². The number of aryl methyl sites for hydroxylation is 1. The fourth-order valence-corrected chi connectivity index (χ4v) is 4.68. The molecule has 1 N–H and O–H groups in total. The molecule has 0 aliphatic heterocycles. The minimum atomic E-state index is -3.73. The lowest BCUT2D eigenvalue weighted by molar-refractivity contribution is 0.421. The third kappa shape index (κ3) is 3.69. The van der Waals surface area contributed by atoms with Crippen molar-refractivity contribution in [1.82, 2.24) is 9.29 Å². The molecule has 0 unspecified atom stereocenters. The highest BCUT2D eigenvalue weighted by molar-refractivity contribution is 7.89. The van der Waals surface area contributed by atoms with Crippen molar-refractivity contribution in [3.8, 4) is 0 Å². The van der Waals surface area contributed by atoms with Crippen molar-refractivity contribution in [3.05, 3.63) is 39.2 Å². The molecular weight excluding hydrogens is 344 g/mol. The molecule has 1 heterocycles. The summed E-state index contributed by atoms with van der Waals surface area (Å²) in [5.41, 5.74) is -0.451. The van der Waals surface area contributed by atoms with Crippen LogP contribution in [0.4, 0.5) is 0 Å². The Morgan fingerprint density at radius 1 is 1.16 bits per heavy atom. The van der Waals surface area contributed by atoms with E-state index >= 15 is 0 Å². The van der Waals surface area contributed by atoms with Gasteiger partial charge in [0.05, 0.1) is 15.8 Å². The predicted octanol–water partition coefficient (Wildman–Crippen LogP) is 1.98. The number of aromatic nitrogens is 1. The molecule has 0 radical (unpaired) electrons. The topological polar surface area (TPSA) is 98.4 Å². The highest BCUT2D eigenvalue weighted by atomic mass is 32.2. The summed E-state index contributed by atoms with van der Waals surface area (Å²) in [4.78, 5) is 23.7. The molecule has 0 amide bonds. The van der Waals surface area contributed by atoms with E-state index in [1.54, 1.807) is 6.92 Å². The van der Waals surface area contributed by atoms with Gasteiger partial charge in [-0.05, 0) is 38.0 Å². The molecule has 0 spiro atoms. The summed E-state index contributed by atoms with van der Waals surface area (Å²) >= 11 is 0. The Kier molecular flexibility index (Phi) is 5.10. The maximum Gasteiger partial charge on any atom is 0.422 e. The number of nitrogens with zero attached hydrogens (tertiary/aromatic N) is 1. The Balaban J connectivity index is 2.00. The molecular formula is C17H22N2O5S. The molecule has 0 saturated heterocycles. The van der Waals surface area contributed by atoms with Gasteiger partial charge in [0.15, 0.2) is 0 Å². The second-order valence-electron chi connectivity index (χ2n) is 6.39. The number of sulfonamides is 1. The molecule has 1 aromatic carbocycles. The lowest BCUT2D eigenvalue weighted by Gasteiger charge is -2.16. The maximum atomic E-state index is 12.7. The van der Waals surface area contributed by atoms with Crippen LogP contribution in [0.15, 0.2) is 37.1 Å². The zero-order chi connectivity index (χ0) is 18.0. The first-order valence-electron chi connectivity index (χ1n) is 8.62. The molecule has 1 aromatic heterocycles. The van der Waals surface area contributed by atoms with Gasteiger partial charge in [-0.25, -0.2) is 22.7 Å². The van der Waals surface area contributed by atoms with Crippen molar-refractivity contribution < 1.29 is 12.8 Å². The lowest BCUT2D eigenvalue weighted by atomic mass is 10.1. The Bertz CT molecular complexity index is 982. The number of nitrogens with one attached hydrogen (secondary N) is 1. The van der Waals surface area contributed by atoms with Crippen LogP contribution in [0.2, 0.25) is 0 Å². The summed E-state index contributed by atoms with van der Waals surface area (Å²) in [5.74, 6) is -0.743. The van der Waals surface area contributed by atoms with Gasteiger partial charge >= 0.3 is 11.4 Å². The van der Waals surface area contributed by atoms with Crippen LogP contribution in [0, 0.1) is 0 Å². The number of fused-ring (bicyclic) bond motifs is 1. The zero-order valence-corrected chi connectivity index (χ0v) is 15.0. The maximum absolute atomic E-state index is 12.7. The number of hydrogen-bond acceptors (Lipinski definition) is 5. The molecule has 3 rings (SSSR count). The van der Waals surface area contributed by atoms with Crippen LogP contribution in [0.1, 0.15) is 45.4 Å². The van der Waals surface area contributed by atoms with Crippen LogP contribution < -0.4 is 16.1 Å². The predicted molar refractivity (Wildman–Crippen MR) is 94.2 cm³/mol. The van der Waals surface area contributed by atoms with Gasteiger partial charge < -0.3 is 4.42 Å². The highest BCUT2D eigenvalue weighted by Crippen LogP contribution is 2.21. The van der Waals surface area contributed by atoms with Crippen molar-refractivity contribution in [1.29, 1.82) is 0 Å². The van der Waals surface area contributed by atoms with Gasteiger partial charge in [-0.1, -0.05) is 25.7 Å². The third-order valence-corrected chi connectivity index (χ3v) is 6.20. The lowest BCUT2D eigenvalue weighted by Crippen LogP contribution is -2.34. The molecule has 0 atom stereocenters. The molecule has 1 aliphatic rings. The Labute approximate surface area is 145 Å². The summed E-state index contributed by atoms with van der Waals surface area (Å²) in [5, 5.41) is 0.0881. The zero-order valence-electron chi connectivity index (χ0n) is 14.2. The van der Waals surface area contributed by atoms with E-state index in [-0.39, 0.29) is 16.3 Å². The van der Waals surface area contributed by atoms with Gasteiger partial charge in [0.25, 0.3) is 0 Å². The molecule has 25 heavy (non-hydrogen) atoms. The number of rotatable bonds is 4. The van der Waals surface area contributed by atoms with E-state index < -0.39 is 21.4 Å². The van der Waals surface area contributed by atoms with Crippen molar-refractivity contribution in [2.45, 2.75) is 62.9 Å². The smallest absolute Gasteiger partial charge is 0.372 e. The number of hydrogen-bond donors (Lipinski definition) is 1. The minimum absolute atomic E-state index is 0.0119. The quantitative estimate of drug-likeness (QED) is 0.834. The highest BCUT2D eigenvalue weighted by Gasteiger charge is 2.22. The molecule has 1 aliphatic carbocycles. The Morgan fingerprint density at radius 2 is 1.84 bits per heavy atom. The monoisotopic (exact) mass is 366 g/mol. The Morgan fingerprint density at radius 3 is 2.48 bits per heavy atom. The van der Waals surface area contributed by atoms with E-state index in [0.29, 0.717) is 12.1 Å².